The second kappa shape index (κ2) is 7.16. The number of nitrogens with two attached hydrogens (primary N) is 1. The molecule has 1 heterocycles. The second-order valence-corrected chi connectivity index (χ2v) is 5.89. The zero-order valence-electron chi connectivity index (χ0n) is 12.1. The highest BCUT2D eigenvalue weighted by Gasteiger charge is 2.13. The Kier molecular flexibility index (Phi) is 5.51. The first-order valence-electron chi connectivity index (χ1n) is 6.87. The van der Waals surface area contributed by atoms with Gasteiger partial charge in [-0.1, -0.05) is 23.2 Å². The van der Waals surface area contributed by atoms with Gasteiger partial charge in [0.05, 0.1) is 11.2 Å². The Bertz CT molecular complexity index is 611. The zero-order valence-corrected chi connectivity index (χ0v) is 13.7. The molecular weight excluding hydrogens is 309 g/mol. The first kappa shape index (κ1) is 16.1. The lowest BCUT2D eigenvalue weighted by molar-refractivity contribution is 0.302. The quantitative estimate of drug-likeness (QED) is 0.880. The molecule has 0 aliphatic carbocycles. The molecule has 4 nitrogen and oxygen atoms in total. The van der Waals surface area contributed by atoms with Crippen molar-refractivity contribution < 1.29 is 4.74 Å². The van der Waals surface area contributed by atoms with Crippen LogP contribution in [0, 0.1) is 0 Å². The van der Waals surface area contributed by atoms with Crippen LogP contribution in [0.1, 0.15) is 25.0 Å². The highest BCUT2D eigenvalue weighted by atomic mass is 35.5. The summed E-state index contributed by atoms with van der Waals surface area (Å²) in [6, 6.07) is 3.53. The van der Waals surface area contributed by atoms with E-state index in [0.29, 0.717) is 28.8 Å². The largest absolute Gasteiger partial charge is 0.487 e. The number of rotatable bonds is 6. The van der Waals surface area contributed by atoms with Crippen LogP contribution < -0.4 is 10.5 Å². The van der Waals surface area contributed by atoms with Crippen LogP contribution >= 0.6 is 23.2 Å². The van der Waals surface area contributed by atoms with Gasteiger partial charge < -0.3 is 10.5 Å². The molecule has 1 aromatic carbocycles. The van der Waals surface area contributed by atoms with Gasteiger partial charge in [-0.25, -0.2) is 0 Å². The van der Waals surface area contributed by atoms with Crippen molar-refractivity contribution >= 4 is 23.2 Å². The summed E-state index contributed by atoms with van der Waals surface area (Å²) >= 11 is 12.3. The minimum absolute atomic E-state index is 0.00437. The zero-order chi connectivity index (χ0) is 15.4. The molecule has 21 heavy (non-hydrogen) atoms. The third-order valence-corrected chi connectivity index (χ3v) is 3.52. The minimum Gasteiger partial charge on any atom is -0.487 e. The molecule has 1 atom stereocenters. The summed E-state index contributed by atoms with van der Waals surface area (Å²) in [5.41, 5.74) is 7.78. The summed E-state index contributed by atoms with van der Waals surface area (Å²) in [6.07, 6.45) is 4.40. The van der Waals surface area contributed by atoms with Gasteiger partial charge in [-0.15, -0.1) is 0 Å². The SMILES string of the molecule is CCn1cc(COc2c(Cl)cc(Cl)cc2CC(C)N)cn1. The molecule has 0 aliphatic rings. The number of aromatic nitrogens is 2. The van der Waals surface area contributed by atoms with Crippen LogP contribution in [-0.2, 0) is 19.6 Å². The van der Waals surface area contributed by atoms with Gasteiger partial charge in [-0.3, -0.25) is 4.68 Å². The van der Waals surface area contributed by atoms with Crippen molar-refractivity contribution in [3.05, 3.63) is 45.7 Å². The van der Waals surface area contributed by atoms with E-state index in [4.69, 9.17) is 33.7 Å². The van der Waals surface area contributed by atoms with Crippen molar-refractivity contribution in [2.75, 3.05) is 0 Å². The number of nitrogens with zero attached hydrogens (tertiary/aromatic N) is 2. The molecule has 2 N–H and O–H groups in total. The number of hydrogen-bond donors (Lipinski definition) is 1. The molecule has 0 bridgehead atoms. The van der Waals surface area contributed by atoms with Crippen LogP contribution in [0.2, 0.25) is 10.0 Å². The van der Waals surface area contributed by atoms with Gasteiger partial charge in [-0.05, 0) is 38.0 Å². The summed E-state index contributed by atoms with van der Waals surface area (Å²) in [5.74, 6) is 0.641. The number of aryl methyl sites for hydroxylation is 1. The molecule has 2 aromatic rings. The lowest BCUT2D eigenvalue weighted by Crippen LogP contribution is -2.18. The van der Waals surface area contributed by atoms with Crippen LogP contribution in [0.5, 0.6) is 5.75 Å². The molecule has 0 spiro atoms. The standard InChI is InChI=1S/C15H19Cl2N3O/c1-3-20-8-11(7-19-20)9-21-15-12(4-10(2)18)5-13(16)6-14(15)17/h5-8,10H,3-4,9,18H2,1-2H3. The first-order valence-corrected chi connectivity index (χ1v) is 7.62. The Labute approximate surface area is 134 Å². The average molecular weight is 328 g/mol. The number of benzene rings is 1. The van der Waals surface area contributed by atoms with E-state index in [2.05, 4.69) is 5.10 Å². The summed E-state index contributed by atoms with van der Waals surface area (Å²) in [7, 11) is 0. The second-order valence-electron chi connectivity index (χ2n) is 5.05. The monoisotopic (exact) mass is 327 g/mol. The van der Waals surface area contributed by atoms with E-state index in [1.54, 1.807) is 12.3 Å². The summed E-state index contributed by atoms with van der Waals surface area (Å²) in [5, 5.41) is 5.30. The van der Waals surface area contributed by atoms with Gasteiger partial charge in [0.1, 0.15) is 12.4 Å². The molecule has 114 valence electrons. The van der Waals surface area contributed by atoms with Crippen molar-refractivity contribution in [2.45, 2.75) is 39.5 Å². The van der Waals surface area contributed by atoms with E-state index in [9.17, 15) is 0 Å². The molecule has 1 unspecified atom stereocenters. The third-order valence-electron chi connectivity index (χ3n) is 3.02. The third kappa shape index (κ3) is 4.37. The van der Waals surface area contributed by atoms with Crippen LogP contribution in [0.3, 0.4) is 0 Å². The van der Waals surface area contributed by atoms with Crippen molar-refractivity contribution in [1.82, 2.24) is 9.78 Å². The van der Waals surface area contributed by atoms with Crippen LogP contribution in [0.25, 0.3) is 0 Å². The Balaban J connectivity index is 2.17. The maximum absolute atomic E-state index is 6.25. The van der Waals surface area contributed by atoms with Crippen molar-refractivity contribution in [3.8, 4) is 5.75 Å². The highest BCUT2D eigenvalue weighted by Crippen LogP contribution is 2.33. The molecule has 0 radical (unpaired) electrons. The molecule has 0 amide bonds. The van der Waals surface area contributed by atoms with Crippen LogP contribution in [-0.4, -0.2) is 15.8 Å². The summed E-state index contributed by atoms with van der Waals surface area (Å²) < 4.78 is 7.72. The van der Waals surface area contributed by atoms with Crippen LogP contribution in [0.15, 0.2) is 24.5 Å². The minimum atomic E-state index is 0.00437. The molecular formula is C15H19Cl2N3O. The van der Waals surface area contributed by atoms with Crippen molar-refractivity contribution in [2.24, 2.45) is 5.73 Å². The molecule has 0 fully saturated rings. The summed E-state index contributed by atoms with van der Waals surface area (Å²) in [6.45, 7) is 5.21. The molecule has 0 aliphatic heterocycles. The maximum Gasteiger partial charge on any atom is 0.141 e. The molecule has 6 heteroatoms. The smallest absolute Gasteiger partial charge is 0.141 e. The van der Waals surface area contributed by atoms with Crippen LogP contribution in [0.4, 0.5) is 0 Å². The molecule has 1 aromatic heterocycles. The predicted molar refractivity (Wildman–Crippen MR) is 86.0 cm³/mol. The topological polar surface area (TPSA) is 53.1 Å². The van der Waals surface area contributed by atoms with E-state index < -0.39 is 0 Å². The Morgan fingerprint density at radius 2 is 2.14 bits per heavy atom. The lowest BCUT2D eigenvalue weighted by Gasteiger charge is -2.15. The van der Waals surface area contributed by atoms with Gasteiger partial charge in [0.25, 0.3) is 0 Å². The van der Waals surface area contributed by atoms with Gasteiger partial charge in [0, 0.05) is 29.4 Å². The van der Waals surface area contributed by atoms with Crippen molar-refractivity contribution in [3.63, 3.8) is 0 Å². The lowest BCUT2D eigenvalue weighted by atomic mass is 10.1. The van der Waals surface area contributed by atoms with Gasteiger partial charge in [-0.2, -0.15) is 5.10 Å². The van der Waals surface area contributed by atoms with Gasteiger partial charge >= 0.3 is 0 Å². The predicted octanol–water partition coefficient (Wildman–Crippen LogP) is 3.68. The molecule has 0 saturated heterocycles. The van der Waals surface area contributed by atoms with E-state index in [0.717, 1.165) is 17.7 Å². The Hall–Kier alpha value is -1.23. The molecule has 2 rings (SSSR count). The van der Waals surface area contributed by atoms with Crippen molar-refractivity contribution in [1.29, 1.82) is 0 Å². The van der Waals surface area contributed by atoms with Gasteiger partial charge in [0.2, 0.25) is 0 Å². The van der Waals surface area contributed by atoms with E-state index in [-0.39, 0.29) is 6.04 Å². The Morgan fingerprint density at radius 1 is 1.38 bits per heavy atom. The van der Waals surface area contributed by atoms with E-state index in [1.807, 2.05) is 30.8 Å². The Morgan fingerprint density at radius 3 is 2.76 bits per heavy atom. The summed E-state index contributed by atoms with van der Waals surface area (Å²) in [4.78, 5) is 0. The molecule has 0 saturated carbocycles. The van der Waals surface area contributed by atoms with E-state index in [1.165, 1.54) is 0 Å². The average Bonchev–Trinajstić information content (AvgIpc) is 2.84. The fraction of sp³-hybridized carbons (Fsp3) is 0.400. The van der Waals surface area contributed by atoms with Gasteiger partial charge in [0.15, 0.2) is 0 Å². The highest BCUT2D eigenvalue weighted by molar-refractivity contribution is 6.35. The first-order chi connectivity index (χ1) is 9.99. The maximum atomic E-state index is 6.25. The fourth-order valence-electron chi connectivity index (χ4n) is 2.08. The number of ether oxygens (including phenoxy) is 1. The number of halogens is 2. The fourth-order valence-corrected chi connectivity index (χ4v) is 2.67. The number of hydrogen-bond acceptors (Lipinski definition) is 3. The van der Waals surface area contributed by atoms with E-state index >= 15 is 0 Å². The normalized spacial score (nSPS) is 12.4.